The first kappa shape index (κ1) is 16.1. The molecule has 2 aromatic rings. The van der Waals surface area contributed by atoms with Crippen molar-refractivity contribution in [3.05, 3.63) is 42.4 Å². The molecule has 0 bridgehead atoms. The summed E-state index contributed by atoms with van der Waals surface area (Å²) in [4.78, 5) is 22.6. The molecule has 2 aliphatic heterocycles. The Morgan fingerprint density at radius 3 is 2.96 bits per heavy atom. The lowest BCUT2D eigenvalue weighted by Gasteiger charge is -2.28. The summed E-state index contributed by atoms with van der Waals surface area (Å²) in [6, 6.07) is 3.94. The van der Waals surface area contributed by atoms with Gasteiger partial charge in [0, 0.05) is 45.3 Å². The van der Waals surface area contributed by atoms with Crippen LogP contribution in [0.4, 0.5) is 0 Å². The number of aromatic nitrogens is 2. The third kappa shape index (κ3) is 2.67. The van der Waals surface area contributed by atoms with E-state index in [4.69, 9.17) is 4.42 Å². The SMILES string of the molecule is Cn1cnc([C@@H]2CN(Cc3ccco3)C[C@@]23CCN(CC2CC2)C3=O)c1. The van der Waals surface area contributed by atoms with E-state index in [9.17, 15) is 4.79 Å². The molecule has 2 atom stereocenters. The highest BCUT2D eigenvalue weighted by atomic mass is 16.3. The summed E-state index contributed by atoms with van der Waals surface area (Å²) in [5.41, 5.74) is 0.728. The van der Waals surface area contributed by atoms with Gasteiger partial charge in [0.25, 0.3) is 0 Å². The zero-order valence-corrected chi connectivity index (χ0v) is 15.3. The fraction of sp³-hybridized carbons (Fsp3) is 0.600. The molecule has 3 fully saturated rings. The van der Waals surface area contributed by atoms with Crippen molar-refractivity contribution in [1.82, 2.24) is 19.4 Å². The zero-order chi connectivity index (χ0) is 17.7. The second-order valence-corrected chi connectivity index (χ2v) is 8.37. The summed E-state index contributed by atoms with van der Waals surface area (Å²) in [5, 5.41) is 0. The van der Waals surface area contributed by atoms with Crippen LogP contribution in [-0.2, 0) is 18.4 Å². The largest absolute Gasteiger partial charge is 0.468 e. The lowest BCUT2D eigenvalue weighted by Crippen LogP contribution is -2.40. The fourth-order valence-electron chi connectivity index (χ4n) is 4.85. The van der Waals surface area contributed by atoms with Gasteiger partial charge in [-0.15, -0.1) is 0 Å². The Morgan fingerprint density at radius 2 is 2.27 bits per heavy atom. The molecular weight excluding hydrogens is 328 g/mol. The van der Waals surface area contributed by atoms with E-state index in [1.807, 2.05) is 30.1 Å². The van der Waals surface area contributed by atoms with Crippen molar-refractivity contribution in [2.45, 2.75) is 31.7 Å². The molecule has 1 spiro atoms. The summed E-state index contributed by atoms with van der Waals surface area (Å²) < 4.78 is 7.53. The first-order chi connectivity index (χ1) is 12.6. The number of rotatable bonds is 5. The van der Waals surface area contributed by atoms with E-state index in [2.05, 4.69) is 21.0 Å². The zero-order valence-electron chi connectivity index (χ0n) is 15.3. The van der Waals surface area contributed by atoms with Crippen LogP contribution >= 0.6 is 0 Å². The molecular formula is C20H26N4O2. The van der Waals surface area contributed by atoms with Gasteiger partial charge in [-0.05, 0) is 37.3 Å². The maximum absolute atomic E-state index is 13.5. The Morgan fingerprint density at radius 1 is 1.38 bits per heavy atom. The van der Waals surface area contributed by atoms with Gasteiger partial charge in [-0.3, -0.25) is 9.69 Å². The lowest BCUT2D eigenvalue weighted by molar-refractivity contribution is -0.136. The standard InChI is InChI=1S/C20H26N4O2/c1-22-12-18(21-14-22)17-11-23(10-16-3-2-8-26-16)13-20(17)6-7-24(19(20)25)9-15-4-5-15/h2-3,8,12,14-15,17H,4-7,9-11,13H2,1H3/t17-,20-/m0/s1. The Labute approximate surface area is 153 Å². The predicted octanol–water partition coefficient (Wildman–Crippen LogP) is 2.24. The molecule has 6 heteroatoms. The molecule has 1 aliphatic carbocycles. The van der Waals surface area contributed by atoms with E-state index in [-0.39, 0.29) is 11.3 Å². The number of nitrogens with zero attached hydrogens (tertiary/aromatic N) is 4. The molecule has 2 aromatic heterocycles. The van der Waals surface area contributed by atoms with Crippen LogP contribution in [-0.4, -0.2) is 51.4 Å². The van der Waals surface area contributed by atoms with Gasteiger partial charge in [0.1, 0.15) is 5.76 Å². The molecule has 6 nitrogen and oxygen atoms in total. The predicted molar refractivity (Wildman–Crippen MR) is 96.3 cm³/mol. The van der Waals surface area contributed by atoms with Gasteiger partial charge >= 0.3 is 0 Å². The highest BCUT2D eigenvalue weighted by Crippen LogP contribution is 2.50. The third-order valence-corrected chi connectivity index (χ3v) is 6.37. The van der Waals surface area contributed by atoms with Crippen LogP contribution in [0.15, 0.2) is 35.3 Å². The van der Waals surface area contributed by atoms with Crippen molar-refractivity contribution in [3.8, 4) is 0 Å². The van der Waals surface area contributed by atoms with Crippen LogP contribution in [0.3, 0.4) is 0 Å². The number of furan rings is 1. The van der Waals surface area contributed by atoms with Crippen molar-refractivity contribution >= 4 is 5.91 Å². The molecule has 1 saturated carbocycles. The summed E-state index contributed by atoms with van der Waals surface area (Å²) in [6.07, 6.45) is 9.15. The molecule has 5 rings (SSSR count). The maximum atomic E-state index is 13.5. The summed E-state index contributed by atoms with van der Waals surface area (Å²) in [6.45, 7) is 4.27. The number of likely N-dealkylation sites (tertiary alicyclic amines) is 2. The Bertz CT molecular complexity index is 795. The van der Waals surface area contributed by atoms with Gasteiger partial charge in [-0.2, -0.15) is 0 Å². The maximum Gasteiger partial charge on any atom is 0.230 e. The lowest BCUT2D eigenvalue weighted by atomic mass is 9.75. The minimum absolute atomic E-state index is 0.162. The van der Waals surface area contributed by atoms with Gasteiger partial charge < -0.3 is 13.9 Å². The first-order valence-corrected chi connectivity index (χ1v) is 9.66. The second-order valence-electron chi connectivity index (χ2n) is 8.37. The number of imidazole rings is 1. The molecule has 1 amide bonds. The third-order valence-electron chi connectivity index (χ3n) is 6.37. The molecule has 0 aromatic carbocycles. The van der Waals surface area contributed by atoms with Gasteiger partial charge in [-0.25, -0.2) is 4.98 Å². The van der Waals surface area contributed by atoms with Crippen molar-refractivity contribution < 1.29 is 9.21 Å². The summed E-state index contributed by atoms with van der Waals surface area (Å²) in [7, 11) is 1.99. The number of carbonyl (C=O) groups excluding carboxylic acids is 1. The number of aryl methyl sites for hydroxylation is 1. The minimum Gasteiger partial charge on any atom is -0.468 e. The van der Waals surface area contributed by atoms with Crippen LogP contribution in [0, 0.1) is 11.3 Å². The van der Waals surface area contributed by atoms with E-state index in [1.54, 1.807) is 6.26 Å². The molecule has 0 N–H and O–H groups in total. The van der Waals surface area contributed by atoms with Gasteiger partial charge in [0.2, 0.25) is 5.91 Å². The monoisotopic (exact) mass is 354 g/mol. The average Bonchev–Trinajstić information content (AvgIpc) is 2.98. The van der Waals surface area contributed by atoms with Gasteiger partial charge in [0.15, 0.2) is 0 Å². The van der Waals surface area contributed by atoms with Crippen LogP contribution in [0.5, 0.6) is 0 Å². The quantitative estimate of drug-likeness (QED) is 0.826. The molecule has 0 radical (unpaired) electrons. The summed E-state index contributed by atoms with van der Waals surface area (Å²) in [5.74, 6) is 2.21. The smallest absolute Gasteiger partial charge is 0.230 e. The molecule has 138 valence electrons. The first-order valence-electron chi connectivity index (χ1n) is 9.66. The molecule has 2 saturated heterocycles. The molecule has 4 heterocycles. The van der Waals surface area contributed by atoms with Crippen LogP contribution in [0.2, 0.25) is 0 Å². The minimum atomic E-state index is -0.324. The van der Waals surface area contributed by atoms with E-state index in [0.717, 1.165) is 56.5 Å². The normalized spacial score (nSPS) is 29.3. The van der Waals surface area contributed by atoms with Crippen molar-refractivity contribution in [2.75, 3.05) is 26.2 Å². The Hall–Kier alpha value is -2.08. The number of hydrogen-bond acceptors (Lipinski definition) is 4. The second kappa shape index (κ2) is 5.98. The molecule has 0 unspecified atom stereocenters. The number of amides is 1. The van der Waals surface area contributed by atoms with Crippen molar-refractivity contribution in [2.24, 2.45) is 18.4 Å². The van der Waals surface area contributed by atoms with E-state index in [0.29, 0.717) is 5.91 Å². The molecule has 26 heavy (non-hydrogen) atoms. The van der Waals surface area contributed by atoms with Crippen LogP contribution < -0.4 is 0 Å². The van der Waals surface area contributed by atoms with E-state index in [1.165, 1.54) is 12.8 Å². The highest BCUT2D eigenvalue weighted by molar-refractivity contribution is 5.86. The van der Waals surface area contributed by atoms with Gasteiger partial charge in [0.05, 0.1) is 30.2 Å². The van der Waals surface area contributed by atoms with E-state index < -0.39 is 0 Å². The highest BCUT2D eigenvalue weighted by Gasteiger charge is 2.58. The fourth-order valence-corrected chi connectivity index (χ4v) is 4.85. The van der Waals surface area contributed by atoms with Crippen molar-refractivity contribution in [3.63, 3.8) is 0 Å². The van der Waals surface area contributed by atoms with Crippen LogP contribution in [0.25, 0.3) is 0 Å². The van der Waals surface area contributed by atoms with Gasteiger partial charge in [-0.1, -0.05) is 0 Å². The average molecular weight is 354 g/mol. The Kier molecular flexibility index (Phi) is 3.71. The molecule has 3 aliphatic rings. The van der Waals surface area contributed by atoms with E-state index >= 15 is 0 Å². The topological polar surface area (TPSA) is 54.5 Å². The Balaban J connectivity index is 1.43. The van der Waals surface area contributed by atoms with Crippen molar-refractivity contribution in [1.29, 1.82) is 0 Å². The number of carbonyl (C=O) groups is 1. The van der Waals surface area contributed by atoms with Crippen LogP contribution in [0.1, 0.15) is 36.6 Å². The summed E-state index contributed by atoms with van der Waals surface area (Å²) >= 11 is 0. The number of hydrogen-bond donors (Lipinski definition) is 0.